The summed E-state index contributed by atoms with van der Waals surface area (Å²) in [6, 6.07) is 13.0. The number of nitrogens with one attached hydrogen (secondary N) is 2. The van der Waals surface area contributed by atoms with E-state index in [9.17, 15) is 4.79 Å². The zero-order valence-electron chi connectivity index (χ0n) is 14.0. The Morgan fingerprint density at radius 2 is 1.85 bits per heavy atom. The molecule has 0 spiro atoms. The third-order valence-corrected chi connectivity index (χ3v) is 4.50. The van der Waals surface area contributed by atoms with Gasteiger partial charge in [0.1, 0.15) is 11.5 Å². The fraction of sp³-hybridized carbons (Fsp3) is 0.105. The second-order valence-corrected chi connectivity index (χ2v) is 6.46. The molecule has 5 nitrogen and oxygen atoms in total. The normalized spacial score (nSPS) is 10.4. The molecule has 2 aromatic carbocycles. The molecule has 0 fully saturated rings. The van der Waals surface area contributed by atoms with Gasteiger partial charge in [0.05, 0.1) is 12.4 Å². The van der Waals surface area contributed by atoms with Crippen molar-refractivity contribution < 1.29 is 4.79 Å². The highest BCUT2D eigenvalue weighted by atomic mass is 35.5. The molecular formula is C19H16Cl2N4O. The van der Waals surface area contributed by atoms with Crippen LogP contribution >= 0.6 is 23.2 Å². The van der Waals surface area contributed by atoms with Crippen molar-refractivity contribution in [1.29, 1.82) is 0 Å². The first kappa shape index (κ1) is 18.2. The maximum Gasteiger partial charge on any atom is 0.271 e. The predicted molar refractivity (Wildman–Crippen MR) is 104 cm³/mol. The average Bonchev–Trinajstić information content (AvgIpc) is 2.64. The Hall–Kier alpha value is -2.63. The molecular weight excluding hydrogens is 371 g/mol. The summed E-state index contributed by atoms with van der Waals surface area (Å²) in [5.41, 5.74) is 2.86. The Bertz CT molecular complexity index is 929. The van der Waals surface area contributed by atoms with Crippen molar-refractivity contribution in [3.63, 3.8) is 0 Å². The molecule has 0 bridgehead atoms. The molecule has 1 aromatic heterocycles. The number of hydrogen-bond donors (Lipinski definition) is 2. The molecule has 0 unspecified atom stereocenters. The van der Waals surface area contributed by atoms with Crippen LogP contribution < -0.4 is 10.6 Å². The number of aromatic nitrogens is 2. The maximum absolute atomic E-state index is 12.2. The lowest BCUT2D eigenvalue weighted by atomic mass is 10.2. The lowest BCUT2D eigenvalue weighted by Crippen LogP contribution is -2.24. The molecule has 1 amide bonds. The Balaban J connectivity index is 1.62. The molecule has 0 radical (unpaired) electrons. The van der Waals surface area contributed by atoms with Gasteiger partial charge in [0.25, 0.3) is 5.91 Å². The predicted octanol–water partition coefficient (Wildman–Crippen LogP) is 4.77. The van der Waals surface area contributed by atoms with Crippen molar-refractivity contribution in [3.05, 3.63) is 81.7 Å². The molecule has 3 aromatic rings. The smallest absolute Gasteiger partial charge is 0.271 e. The van der Waals surface area contributed by atoms with Gasteiger partial charge in [0.2, 0.25) is 0 Å². The molecule has 0 saturated carbocycles. The van der Waals surface area contributed by atoms with E-state index in [4.69, 9.17) is 23.2 Å². The van der Waals surface area contributed by atoms with Crippen molar-refractivity contribution in [2.24, 2.45) is 0 Å². The fourth-order valence-electron chi connectivity index (χ4n) is 2.24. The van der Waals surface area contributed by atoms with E-state index in [2.05, 4.69) is 20.6 Å². The SMILES string of the molecule is Cc1ccc(Nc2cnc(C(=O)NCc3ccccc3Cl)cn2)cc1Cl. The van der Waals surface area contributed by atoms with Crippen molar-refractivity contribution in [2.45, 2.75) is 13.5 Å². The van der Waals surface area contributed by atoms with Gasteiger partial charge in [0.15, 0.2) is 0 Å². The van der Waals surface area contributed by atoms with E-state index >= 15 is 0 Å². The van der Waals surface area contributed by atoms with Crippen molar-refractivity contribution in [3.8, 4) is 0 Å². The summed E-state index contributed by atoms with van der Waals surface area (Å²) in [7, 11) is 0. The first-order chi connectivity index (χ1) is 12.5. The van der Waals surface area contributed by atoms with Gasteiger partial charge >= 0.3 is 0 Å². The number of carbonyl (C=O) groups excluding carboxylic acids is 1. The molecule has 0 aliphatic carbocycles. The van der Waals surface area contributed by atoms with Crippen molar-refractivity contribution >= 4 is 40.6 Å². The van der Waals surface area contributed by atoms with Crippen molar-refractivity contribution in [2.75, 3.05) is 5.32 Å². The standard InChI is InChI=1S/C19H16Cl2N4O/c1-12-6-7-14(8-16(12)21)25-18-11-22-17(10-23-18)19(26)24-9-13-4-2-3-5-15(13)20/h2-8,10-11H,9H2,1H3,(H,23,25)(H,24,26). The van der Waals surface area contributed by atoms with Crippen LogP contribution in [0.1, 0.15) is 21.6 Å². The maximum atomic E-state index is 12.2. The molecule has 0 aliphatic heterocycles. The highest BCUT2D eigenvalue weighted by Gasteiger charge is 2.09. The second kappa shape index (κ2) is 8.17. The van der Waals surface area contributed by atoms with Gasteiger partial charge in [-0.3, -0.25) is 4.79 Å². The summed E-state index contributed by atoms with van der Waals surface area (Å²) in [6.07, 6.45) is 2.91. The van der Waals surface area contributed by atoms with E-state index in [-0.39, 0.29) is 11.6 Å². The summed E-state index contributed by atoms with van der Waals surface area (Å²) in [4.78, 5) is 20.5. The summed E-state index contributed by atoms with van der Waals surface area (Å²) >= 11 is 12.2. The van der Waals surface area contributed by atoms with E-state index in [1.54, 1.807) is 6.07 Å². The van der Waals surface area contributed by atoms with E-state index in [0.29, 0.717) is 22.4 Å². The number of benzene rings is 2. The van der Waals surface area contributed by atoms with E-state index in [1.165, 1.54) is 12.4 Å². The molecule has 7 heteroatoms. The monoisotopic (exact) mass is 386 g/mol. The van der Waals surface area contributed by atoms with Gasteiger partial charge < -0.3 is 10.6 Å². The average molecular weight is 387 g/mol. The van der Waals surface area contributed by atoms with Gasteiger partial charge in [0, 0.05) is 22.3 Å². The van der Waals surface area contributed by atoms with Gasteiger partial charge in [-0.05, 0) is 36.2 Å². The van der Waals surface area contributed by atoms with Crippen LogP contribution in [0.15, 0.2) is 54.9 Å². The van der Waals surface area contributed by atoms with E-state index in [1.807, 2.05) is 43.3 Å². The summed E-state index contributed by atoms with van der Waals surface area (Å²) in [5.74, 6) is 0.204. The largest absolute Gasteiger partial charge is 0.347 e. The first-order valence-electron chi connectivity index (χ1n) is 7.90. The number of rotatable bonds is 5. The highest BCUT2D eigenvalue weighted by Crippen LogP contribution is 2.22. The molecule has 132 valence electrons. The minimum absolute atomic E-state index is 0.226. The third-order valence-electron chi connectivity index (χ3n) is 3.73. The van der Waals surface area contributed by atoms with Crippen LogP contribution in [0.3, 0.4) is 0 Å². The van der Waals surface area contributed by atoms with Crippen LogP contribution in [0.2, 0.25) is 10.0 Å². The van der Waals surface area contributed by atoms with Gasteiger partial charge in [-0.1, -0.05) is 47.5 Å². The number of amides is 1. The first-order valence-corrected chi connectivity index (χ1v) is 8.65. The number of carbonyl (C=O) groups is 1. The fourth-order valence-corrected chi connectivity index (χ4v) is 2.62. The minimum Gasteiger partial charge on any atom is -0.347 e. The Morgan fingerprint density at radius 3 is 2.54 bits per heavy atom. The van der Waals surface area contributed by atoms with Crippen LogP contribution in [0.5, 0.6) is 0 Å². The number of aryl methyl sites for hydroxylation is 1. The zero-order valence-corrected chi connectivity index (χ0v) is 15.5. The van der Waals surface area contributed by atoms with Crippen LogP contribution in [0, 0.1) is 6.92 Å². The lowest BCUT2D eigenvalue weighted by Gasteiger charge is -2.08. The molecule has 0 aliphatic rings. The number of halogens is 2. The molecule has 3 rings (SSSR count). The Kier molecular flexibility index (Phi) is 5.71. The molecule has 0 atom stereocenters. The van der Waals surface area contributed by atoms with Crippen LogP contribution in [-0.2, 0) is 6.54 Å². The Morgan fingerprint density at radius 1 is 1.04 bits per heavy atom. The third kappa shape index (κ3) is 4.50. The van der Waals surface area contributed by atoms with Crippen LogP contribution in [0.4, 0.5) is 11.5 Å². The Labute approximate surface area is 161 Å². The number of nitrogens with zero attached hydrogens (tertiary/aromatic N) is 2. The zero-order chi connectivity index (χ0) is 18.5. The molecule has 1 heterocycles. The molecule has 0 saturated heterocycles. The quantitative estimate of drug-likeness (QED) is 0.662. The second-order valence-electron chi connectivity index (χ2n) is 5.65. The topological polar surface area (TPSA) is 66.9 Å². The van der Waals surface area contributed by atoms with E-state index in [0.717, 1.165) is 16.8 Å². The summed E-state index contributed by atoms with van der Waals surface area (Å²) < 4.78 is 0. The molecule has 26 heavy (non-hydrogen) atoms. The number of anilines is 2. The van der Waals surface area contributed by atoms with Crippen LogP contribution in [-0.4, -0.2) is 15.9 Å². The molecule has 2 N–H and O–H groups in total. The lowest BCUT2D eigenvalue weighted by molar-refractivity contribution is 0.0945. The number of hydrogen-bond acceptors (Lipinski definition) is 4. The van der Waals surface area contributed by atoms with Gasteiger partial charge in [-0.2, -0.15) is 0 Å². The minimum atomic E-state index is -0.317. The van der Waals surface area contributed by atoms with Gasteiger partial charge in [-0.25, -0.2) is 9.97 Å². The highest BCUT2D eigenvalue weighted by molar-refractivity contribution is 6.31. The van der Waals surface area contributed by atoms with Crippen LogP contribution in [0.25, 0.3) is 0 Å². The summed E-state index contributed by atoms with van der Waals surface area (Å²) in [6.45, 7) is 2.25. The van der Waals surface area contributed by atoms with E-state index < -0.39 is 0 Å². The van der Waals surface area contributed by atoms with Gasteiger partial charge in [-0.15, -0.1) is 0 Å². The summed E-state index contributed by atoms with van der Waals surface area (Å²) in [5, 5.41) is 7.14. The van der Waals surface area contributed by atoms with Crippen molar-refractivity contribution in [1.82, 2.24) is 15.3 Å².